The number of ether oxygens (including phenoxy) is 1. The standard InChI is InChI=1S/C16H32N2O/c1-14(2)9-17-11-16(6-4-8-19-13-16)12-18-7-5-15(3)10-18/h14-15,17H,4-13H2,1-3H3. The molecule has 2 aliphatic heterocycles. The van der Waals surface area contributed by atoms with E-state index in [9.17, 15) is 0 Å². The average molecular weight is 268 g/mol. The average Bonchev–Trinajstić information content (AvgIpc) is 2.75. The van der Waals surface area contributed by atoms with Crippen LogP contribution in [-0.2, 0) is 4.74 Å². The lowest BCUT2D eigenvalue weighted by molar-refractivity contribution is -0.0236. The highest BCUT2D eigenvalue weighted by Gasteiger charge is 2.36. The maximum atomic E-state index is 5.81. The van der Waals surface area contributed by atoms with E-state index < -0.39 is 0 Å². The molecule has 2 aliphatic rings. The summed E-state index contributed by atoms with van der Waals surface area (Å²) in [6, 6.07) is 0. The van der Waals surface area contributed by atoms with Crippen molar-refractivity contribution in [3.63, 3.8) is 0 Å². The third kappa shape index (κ3) is 4.73. The molecule has 0 spiro atoms. The summed E-state index contributed by atoms with van der Waals surface area (Å²) >= 11 is 0. The fraction of sp³-hybridized carbons (Fsp3) is 1.00. The van der Waals surface area contributed by atoms with Crippen LogP contribution in [-0.4, -0.2) is 50.8 Å². The quantitative estimate of drug-likeness (QED) is 0.800. The van der Waals surface area contributed by atoms with E-state index in [-0.39, 0.29) is 0 Å². The molecule has 0 saturated carbocycles. The van der Waals surface area contributed by atoms with E-state index in [0.717, 1.165) is 38.1 Å². The number of hydrogen-bond donors (Lipinski definition) is 1. The zero-order valence-corrected chi connectivity index (χ0v) is 13.1. The molecule has 1 N–H and O–H groups in total. The monoisotopic (exact) mass is 268 g/mol. The molecule has 2 fully saturated rings. The lowest BCUT2D eigenvalue weighted by Crippen LogP contribution is -2.49. The Morgan fingerprint density at radius 3 is 2.84 bits per heavy atom. The smallest absolute Gasteiger partial charge is 0.0546 e. The van der Waals surface area contributed by atoms with Crippen molar-refractivity contribution in [1.82, 2.24) is 10.2 Å². The molecule has 0 amide bonds. The highest BCUT2D eigenvalue weighted by molar-refractivity contribution is 4.89. The Morgan fingerprint density at radius 2 is 2.26 bits per heavy atom. The molecule has 0 bridgehead atoms. The summed E-state index contributed by atoms with van der Waals surface area (Å²) in [7, 11) is 0. The van der Waals surface area contributed by atoms with Crippen molar-refractivity contribution in [2.45, 2.75) is 40.0 Å². The van der Waals surface area contributed by atoms with Crippen LogP contribution in [0, 0.1) is 17.3 Å². The van der Waals surface area contributed by atoms with Crippen molar-refractivity contribution in [3.8, 4) is 0 Å². The van der Waals surface area contributed by atoms with Gasteiger partial charge in [-0.2, -0.15) is 0 Å². The number of likely N-dealkylation sites (tertiary alicyclic amines) is 1. The van der Waals surface area contributed by atoms with Gasteiger partial charge >= 0.3 is 0 Å². The summed E-state index contributed by atoms with van der Waals surface area (Å²) in [5, 5.41) is 3.67. The number of rotatable bonds is 6. The van der Waals surface area contributed by atoms with Crippen LogP contribution >= 0.6 is 0 Å². The van der Waals surface area contributed by atoms with E-state index in [1.807, 2.05) is 0 Å². The molecule has 0 radical (unpaired) electrons. The Balaban J connectivity index is 1.86. The minimum absolute atomic E-state index is 0.358. The first-order valence-corrected chi connectivity index (χ1v) is 8.10. The second kappa shape index (κ2) is 7.05. The molecule has 0 aliphatic carbocycles. The molecule has 2 rings (SSSR count). The lowest BCUT2D eigenvalue weighted by atomic mass is 9.81. The van der Waals surface area contributed by atoms with E-state index in [1.165, 1.54) is 38.9 Å². The van der Waals surface area contributed by atoms with Crippen LogP contribution in [0.4, 0.5) is 0 Å². The molecular formula is C16H32N2O. The van der Waals surface area contributed by atoms with E-state index in [2.05, 4.69) is 31.0 Å². The number of nitrogens with one attached hydrogen (secondary N) is 1. The molecular weight excluding hydrogens is 236 g/mol. The third-order valence-electron chi connectivity index (χ3n) is 4.52. The normalized spacial score (nSPS) is 33.2. The van der Waals surface area contributed by atoms with Crippen molar-refractivity contribution < 1.29 is 4.74 Å². The van der Waals surface area contributed by atoms with Gasteiger partial charge in [-0.15, -0.1) is 0 Å². The predicted molar refractivity (Wildman–Crippen MR) is 80.4 cm³/mol. The number of nitrogens with zero attached hydrogens (tertiary/aromatic N) is 1. The van der Waals surface area contributed by atoms with Gasteiger partial charge in [0, 0.05) is 31.7 Å². The van der Waals surface area contributed by atoms with Crippen LogP contribution in [0.2, 0.25) is 0 Å². The van der Waals surface area contributed by atoms with E-state index >= 15 is 0 Å². The summed E-state index contributed by atoms with van der Waals surface area (Å²) in [5.41, 5.74) is 0.358. The second-order valence-electron chi connectivity index (χ2n) is 7.31. The summed E-state index contributed by atoms with van der Waals surface area (Å²) in [4.78, 5) is 2.66. The molecule has 2 saturated heterocycles. The topological polar surface area (TPSA) is 24.5 Å². The van der Waals surface area contributed by atoms with Gasteiger partial charge in [0.1, 0.15) is 0 Å². The van der Waals surface area contributed by atoms with E-state index in [4.69, 9.17) is 4.74 Å². The maximum Gasteiger partial charge on any atom is 0.0546 e. The van der Waals surface area contributed by atoms with Crippen molar-refractivity contribution in [3.05, 3.63) is 0 Å². The van der Waals surface area contributed by atoms with Gasteiger partial charge in [-0.3, -0.25) is 0 Å². The fourth-order valence-electron chi connectivity index (χ4n) is 3.50. The summed E-state index contributed by atoms with van der Waals surface area (Å²) in [6.07, 6.45) is 3.92. The van der Waals surface area contributed by atoms with Gasteiger partial charge in [-0.25, -0.2) is 0 Å². The zero-order valence-electron chi connectivity index (χ0n) is 13.1. The Hall–Kier alpha value is -0.120. The summed E-state index contributed by atoms with van der Waals surface area (Å²) in [6.45, 7) is 14.9. The highest BCUT2D eigenvalue weighted by atomic mass is 16.5. The van der Waals surface area contributed by atoms with Crippen molar-refractivity contribution in [1.29, 1.82) is 0 Å². The van der Waals surface area contributed by atoms with Crippen LogP contribution < -0.4 is 5.32 Å². The molecule has 2 atom stereocenters. The van der Waals surface area contributed by atoms with Crippen molar-refractivity contribution >= 4 is 0 Å². The molecule has 3 nitrogen and oxygen atoms in total. The van der Waals surface area contributed by atoms with Gasteiger partial charge < -0.3 is 15.0 Å². The minimum atomic E-state index is 0.358. The van der Waals surface area contributed by atoms with Gasteiger partial charge in [0.25, 0.3) is 0 Å². The first-order valence-electron chi connectivity index (χ1n) is 8.10. The van der Waals surface area contributed by atoms with Crippen LogP contribution in [0.5, 0.6) is 0 Å². The summed E-state index contributed by atoms with van der Waals surface area (Å²) in [5.74, 6) is 1.61. The Labute approximate surface area is 119 Å². The fourth-order valence-corrected chi connectivity index (χ4v) is 3.50. The predicted octanol–water partition coefficient (Wildman–Crippen LogP) is 2.37. The minimum Gasteiger partial charge on any atom is -0.381 e. The first-order chi connectivity index (χ1) is 9.10. The SMILES string of the molecule is CC(C)CNCC1(CN2CCC(C)C2)CCCOC1. The molecule has 19 heavy (non-hydrogen) atoms. The second-order valence-corrected chi connectivity index (χ2v) is 7.31. The molecule has 0 aromatic rings. The van der Waals surface area contributed by atoms with Gasteiger partial charge in [-0.05, 0) is 44.2 Å². The molecule has 112 valence electrons. The Morgan fingerprint density at radius 1 is 1.42 bits per heavy atom. The first kappa shape index (κ1) is 15.3. The summed E-state index contributed by atoms with van der Waals surface area (Å²) < 4.78 is 5.81. The molecule has 0 aromatic carbocycles. The van der Waals surface area contributed by atoms with Crippen LogP contribution in [0.3, 0.4) is 0 Å². The van der Waals surface area contributed by atoms with E-state index in [1.54, 1.807) is 0 Å². The zero-order chi connectivity index (χ0) is 13.7. The Kier molecular flexibility index (Phi) is 5.67. The Bertz CT molecular complexity index is 261. The van der Waals surface area contributed by atoms with Crippen LogP contribution in [0.15, 0.2) is 0 Å². The third-order valence-corrected chi connectivity index (χ3v) is 4.52. The largest absolute Gasteiger partial charge is 0.381 e. The maximum absolute atomic E-state index is 5.81. The van der Waals surface area contributed by atoms with Crippen LogP contribution in [0.1, 0.15) is 40.0 Å². The molecule has 0 aromatic heterocycles. The molecule has 2 unspecified atom stereocenters. The van der Waals surface area contributed by atoms with Gasteiger partial charge in [0.2, 0.25) is 0 Å². The van der Waals surface area contributed by atoms with Gasteiger partial charge in [0.15, 0.2) is 0 Å². The van der Waals surface area contributed by atoms with Crippen LogP contribution in [0.25, 0.3) is 0 Å². The van der Waals surface area contributed by atoms with E-state index in [0.29, 0.717) is 5.41 Å². The molecule has 3 heteroatoms. The number of hydrogen-bond acceptors (Lipinski definition) is 3. The highest BCUT2D eigenvalue weighted by Crippen LogP contribution is 2.31. The van der Waals surface area contributed by atoms with Gasteiger partial charge in [0.05, 0.1) is 6.61 Å². The van der Waals surface area contributed by atoms with Gasteiger partial charge in [-0.1, -0.05) is 20.8 Å². The lowest BCUT2D eigenvalue weighted by Gasteiger charge is -2.40. The van der Waals surface area contributed by atoms with Crippen molar-refractivity contribution in [2.75, 3.05) is 45.9 Å². The molecule has 2 heterocycles. The van der Waals surface area contributed by atoms with Crippen molar-refractivity contribution in [2.24, 2.45) is 17.3 Å².